The summed E-state index contributed by atoms with van der Waals surface area (Å²) in [7, 11) is 0. The molecule has 3 aliphatic heterocycles. The number of ether oxygens (including phenoxy) is 6. The fourth-order valence-corrected chi connectivity index (χ4v) is 10.8. The number of carboxylic acid groups (broad SMARTS) is 1. The van der Waals surface area contributed by atoms with E-state index in [1.54, 1.807) is 6.08 Å². The van der Waals surface area contributed by atoms with E-state index < -0.39 is 155 Å². The van der Waals surface area contributed by atoms with Crippen LogP contribution in [0.2, 0.25) is 0 Å². The third-order valence-corrected chi connectivity index (χ3v) is 15.7. The molecule has 23 nitrogen and oxygen atoms in total. The molecule has 0 aromatic carbocycles. The molecule has 3 heterocycles. The van der Waals surface area contributed by atoms with Crippen molar-refractivity contribution in [2.45, 2.75) is 310 Å². The molecule has 0 aromatic rings. The summed E-state index contributed by atoms with van der Waals surface area (Å²) in [6.07, 6.45) is 4.27. The molecule has 0 bridgehead atoms. The summed E-state index contributed by atoms with van der Waals surface area (Å²) in [5.41, 5.74) is 0. The normalized spacial score (nSPS) is 30.5. The fourth-order valence-electron chi connectivity index (χ4n) is 10.8. The zero-order valence-corrected chi connectivity index (χ0v) is 48.6. The van der Waals surface area contributed by atoms with Gasteiger partial charge in [0, 0.05) is 19.8 Å². The molecular formula is C58H106N2O21. The highest BCUT2D eigenvalue weighted by atomic mass is 16.8. The molecule has 0 aliphatic carbocycles. The minimum absolute atomic E-state index is 0.203. The lowest BCUT2D eigenvalue weighted by molar-refractivity contribution is -0.386. The van der Waals surface area contributed by atoms with Crippen LogP contribution in [0.3, 0.4) is 0 Å². The molecule has 3 rings (SSSR count). The molecule has 0 spiro atoms. The van der Waals surface area contributed by atoms with Crippen LogP contribution in [0.1, 0.15) is 201 Å². The van der Waals surface area contributed by atoms with Crippen LogP contribution in [0, 0.1) is 0 Å². The van der Waals surface area contributed by atoms with Crippen LogP contribution < -0.4 is 10.6 Å². The molecule has 23 heteroatoms. The number of unbranched alkanes of at least 4 members (excludes halogenated alkanes) is 24. The summed E-state index contributed by atoms with van der Waals surface area (Å²) in [6.45, 7) is 2.09. The van der Waals surface area contributed by atoms with Gasteiger partial charge in [0.15, 0.2) is 12.6 Å². The Labute approximate surface area is 480 Å². The summed E-state index contributed by atoms with van der Waals surface area (Å²) in [5.74, 6) is -6.14. The molecule has 474 valence electrons. The minimum Gasteiger partial charge on any atom is -0.477 e. The third-order valence-electron chi connectivity index (χ3n) is 15.7. The number of carboxylic acids is 1. The van der Waals surface area contributed by atoms with Gasteiger partial charge in [-0.05, 0) is 19.3 Å². The van der Waals surface area contributed by atoms with E-state index in [2.05, 4.69) is 24.5 Å². The molecular weight excluding hydrogens is 1060 g/mol. The summed E-state index contributed by atoms with van der Waals surface area (Å²) >= 11 is 0. The van der Waals surface area contributed by atoms with Crippen LogP contribution in [0.25, 0.3) is 0 Å². The van der Waals surface area contributed by atoms with Gasteiger partial charge in [0.2, 0.25) is 11.8 Å². The average molecular weight is 1170 g/mol. The predicted molar refractivity (Wildman–Crippen MR) is 297 cm³/mol. The maximum absolute atomic E-state index is 13.3. The number of amides is 2. The number of hydrogen-bond acceptors (Lipinski definition) is 20. The number of rotatable bonds is 44. The molecule has 18 atom stereocenters. The number of allylic oxidation sites excluding steroid dienone is 1. The van der Waals surface area contributed by atoms with Crippen molar-refractivity contribution in [3.8, 4) is 0 Å². The Morgan fingerprint density at radius 2 is 1.15 bits per heavy atom. The number of nitrogens with one attached hydrogen (secondary N) is 2. The van der Waals surface area contributed by atoms with Crippen LogP contribution >= 0.6 is 0 Å². The Kier molecular flexibility index (Phi) is 36.6. The Balaban J connectivity index is 1.67. The zero-order chi connectivity index (χ0) is 59.7. The SMILES string of the molecule is CCCCCCCCCCCCCCCC/C=C/C(O)C(COC1OC(CO)C(OC2OC(CO)C(O)C(OC3(C(=O)O)CC(O)C(NC(C)=O)C(C(O)C(O)CO)O3)C2O)C(O)C1O)NC(=O)CCCCCCCCCCCCC. The van der Waals surface area contributed by atoms with Crippen molar-refractivity contribution in [2.75, 3.05) is 26.4 Å². The van der Waals surface area contributed by atoms with Crippen LogP contribution in [-0.2, 0) is 42.8 Å². The number of hydrogen-bond donors (Lipinski definition) is 14. The van der Waals surface area contributed by atoms with Gasteiger partial charge < -0.3 is 100 Å². The molecule has 18 unspecified atom stereocenters. The van der Waals surface area contributed by atoms with Crippen LogP contribution in [-0.4, -0.2) is 215 Å². The smallest absolute Gasteiger partial charge is 0.364 e. The Hall–Kier alpha value is -2.53. The molecule has 0 aromatic heterocycles. The Morgan fingerprint density at radius 3 is 1.64 bits per heavy atom. The van der Waals surface area contributed by atoms with Gasteiger partial charge in [0.1, 0.15) is 67.1 Å². The quantitative estimate of drug-likeness (QED) is 0.0308. The van der Waals surface area contributed by atoms with Crippen LogP contribution in [0.5, 0.6) is 0 Å². The second-order valence-electron chi connectivity index (χ2n) is 22.6. The predicted octanol–water partition coefficient (Wildman–Crippen LogP) is 2.78. The molecule has 3 aliphatic rings. The lowest BCUT2D eigenvalue weighted by atomic mass is 9.88. The summed E-state index contributed by atoms with van der Waals surface area (Å²) in [5, 5.41) is 135. The highest BCUT2D eigenvalue weighted by Gasteiger charge is 2.60. The van der Waals surface area contributed by atoms with E-state index in [1.165, 1.54) is 109 Å². The Morgan fingerprint density at radius 1 is 0.642 bits per heavy atom. The van der Waals surface area contributed by atoms with Gasteiger partial charge in [-0.3, -0.25) is 9.59 Å². The van der Waals surface area contributed by atoms with E-state index in [4.69, 9.17) is 28.4 Å². The largest absolute Gasteiger partial charge is 0.477 e. The van der Waals surface area contributed by atoms with E-state index in [9.17, 15) is 75.7 Å². The van der Waals surface area contributed by atoms with Gasteiger partial charge in [-0.1, -0.05) is 174 Å². The second kappa shape index (κ2) is 40.7. The summed E-state index contributed by atoms with van der Waals surface area (Å²) in [4.78, 5) is 38.3. The number of aliphatic hydroxyl groups is 11. The first-order valence-electron chi connectivity index (χ1n) is 30.6. The van der Waals surface area contributed by atoms with Crippen molar-refractivity contribution in [1.82, 2.24) is 10.6 Å². The standard InChI is InChI=1S/C58H106N2O21/c1-4-6-8-10-12-14-16-17-18-19-20-22-23-25-27-29-31-40(65)39(60-45(68)32-30-28-26-24-21-15-13-11-9-7-5-2)37-76-55-50(72)49(71)52(44(36-63)78-55)79-56-51(73)54(48(70)43(35-62)77-56)81-58(57(74)75)33-41(66)46(59-38(3)64)53(80-58)47(69)42(67)34-61/h29,31,39-44,46-56,61-63,65-67,69-73H,4-28,30,32-37H2,1-3H3,(H,59,64)(H,60,68)(H,74,75)/b31-29+. The number of aliphatic carboxylic acids is 1. The van der Waals surface area contributed by atoms with Gasteiger partial charge in [-0.15, -0.1) is 0 Å². The highest BCUT2D eigenvalue weighted by molar-refractivity contribution is 5.77. The number of carbonyl (C=O) groups excluding carboxylic acids is 2. The van der Waals surface area contributed by atoms with E-state index in [0.717, 1.165) is 51.9 Å². The minimum atomic E-state index is -3.08. The maximum Gasteiger partial charge on any atom is 0.364 e. The van der Waals surface area contributed by atoms with Gasteiger partial charge in [-0.2, -0.15) is 0 Å². The molecule has 3 fully saturated rings. The first kappa shape index (κ1) is 72.7. The first-order valence-corrected chi connectivity index (χ1v) is 30.6. The summed E-state index contributed by atoms with van der Waals surface area (Å²) in [6, 6.07) is -2.61. The van der Waals surface area contributed by atoms with Gasteiger partial charge in [-0.25, -0.2) is 4.79 Å². The lowest BCUT2D eigenvalue weighted by Crippen LogP contribution is -2.70. The monoisotopic (exact) mass is 1170 g/mol. The topological polar surface area (TPSA) is 373 Å². The van der Waals surface area contributed by atoms with Crippen molar-refractivity contribution < 1.29 is 104 Å². The summed E-state index contributed by atoms with van der Waals surface area (Å²) < 4.78 is 34.6. The second-order valence-corrected chi connectivity index (χ2v) is 22.6. The van der Waals surface area contributed by atoms with Crippen molar-refractivity contribution in [3.05, 3.63) is 12.2 Å². The molecule has 0 saturated carbocycles. The fraction of sp³-hybridized carbons (Fsp3) is 0.914. The third kappa shape index (κ3) is 25.1. The van der Waals surface area contributed by atoms with Crippen LogP contribution in [0.4, 0.5) is 0 Å². The Bertz CT molecular complexity index is 1720. The molecule has 2 amide bonds. The maximum atomic E-state index is 13.3. The van der Waals surface area contributed by atoms with Crippen LogP contribution in [0.15, 0.2) is 12.2 Å². The van der Waals surface area contributed by atoms with Gasteiger partial charge in [0.25, 0.3) is 5.79 Å². The van der Waals surface area contributed by atoms with Crippen molar-refractivity contribution in [1.29, 1.82) is 0 Å². The lowest BCUT2D eigenvalue weighted by Gasteiger charge is -2.50. The number of carbonyl (C=O) groups is 3. The van der Waals surface area contributed by atoms with Gasteiger partial charge in [0.05, 0.1) is 50.7 Å². The van der Waals surface area contributed by atoms with E-state index >= 15 is 0 Å². The first-order chi connectivity index (χ1) is 38.9. The highest BCUT2D eigenvalue weighted by Crippen LogP contribution is 2.38. The van der Waals surface area contributed by atoms with E-state index in [0.29, 0.717) is 12.8 Å². The van der Waals surface area contributed by atoms with Crippen molar-refractivity contribution >= 4 is 17.8 Å². The van der Waals surface area contributed by atoms with Crippen molar-refractivity contribution in [3.63, 3.8) is 0 Å². The van der Waals surface area contributed by atoms with Gasteiger partial charge >= 0.3 is 5.97 Å². The molecule has 81 heavy (non-hydrogen) atoms. The molecule has 0 radical (unpaired) electrons. The molecule has 14 N–H and O–H groups in total. The average Bonchev–Trinajstić information content (AvgIpc) is 3.61. The zero-order valence-electron chi connectivity index (χ0n) is 48.6. The number of aliphatic hydroxyl groups excluding tert-OH is 11. The van der Waals surface area contributed by atoms with E-state index in [1.807, 2.05) is 6.08 Å². The molecule has 3 saturated heterocycles. The van der Waals surface area contributed by atoms with E-state index in [-0.39, 0.29) is 12.3 Å². The van der Waals surface area contributed by atoms with Crippen molar-refractivity contribution in [2.24, 2.45) is 0 Å².